The van der Waals surface area contributed by atoms with Crippen molar-refractivity contribution >= 4 is 23.2 Å². The second kappa shape index (κ2) is 5.52. The molecule has 0 spiro atoms. The standard InChI is InChI=1S/C15H16ClFN2O3/c1-8-4-12(20)18-19-13(8)9-5-10(16)14(11(17)6-9)22-7-15(21)2-3-15/h5-6,8,21H,2-4,7H2,1H3,(H,18,20). The molecule has 5 nitrogen and oxygen atoms in total. The second-order valence-electron chi connectivity index (χ2n) is 5.92. The first-order chi connectivity index (χ1) is 10.4. The summed E-state index contributed by atoms with van der Waals surface area (Å²) in [5, 5.41) is 13.8. The molecule has 1 amide bonds. The minimum atomic E-state index is -0.847. The normalized spacial score (nSPS) is 22.8. The van der Waals surface area contributed by atoms with E-state index < -0.39 is 11.4 Å². The molecule has 118 valence electrons. The van der Waals surface area contributed by atoms with E-state index in [1.807, 2.05) is 6.92 Å². The average molecular weight is 327 g/mol. The maximum atomic E-state index is 14.2. The van der Waals surface area contributed by atoms with Gasteiger partial charge in [-0.1, -0.05) is 18.5 Å². The van der Waals surface area contributed by atoms with Crippen molar-refractivity contribution in [3.63, 3.8) is 0 Å². The highest BCUT2D eigenvalue weighted by Gasteiger charge is 2.41. The van der Waals surface area contributed by atoms with E-state index in [1.54, 1.807) is 6.07 Å². The van der Waals surface area contributed by atoms with Crippen molar-refractivity contribution in [2.75, 3.05) is 6.61 Å². The molecule has 7 heteroatoms. The zero-order valence-corrected chi connectivity index (χ0v) is 12.8. The number of hydrazone groups is 1. The van der Waals surface area contributed by atoms with Crippen molar-refractivity contribution in [3.05, 3.63) is 28.5 Å². The zero-order chi connectivity index (χ0) is 15.9. The summed E-state index contributed by atoms with van der Waals surface area (Å²) in [5.74, 6) is -0.971. The van der Waals surface area contributed by atoms with Gasteiger partial charge >= 0.3 is 0 Å². The molecule has 1 aliphatic carbocycles. The van der Waals surface area contributed by atoms with Gasteiger partial charge in [0.25, 0.3) is 0 Å². The molecule has 1 saturated carbocycles. The van der Waals surface area contributed by atoms with Gasteiger partial charge in [0.15, 0.2) is 11.6 Å². The Labute approximate surface area is 132 Å². The number of halogens is 2. The first-order valence-corrected chi connectivity index (χ1v) is 7.47. The van der Waals surface area contributed by atoms with E-state index in [9.17, 15) is 14.3 Å². The van der Waals surface area contributed by atoms with Crippen LogP contribution in [0.1, 0.15) is 31.7 Å². The smallest absolute Gasteiger partial charge is 0.240 e. The van der Waals surface area contributed by atoms with Crippen molar-refractivity contribution < 1.29 is 19.0 Å². The predicted molar refractivity (Wildman–Crippen MR) is 79.5 cm³/mol. The summed E-state index contributed by atoms with van der Waals surface area (Å²) < 4.78 is 19.5. The molecule has 1 aromatic carbocycles. The first-order valence-electron chi connectivity index (χ1n) is 7.09. The lowest BCUT2D eigenvalue weighted by molar-refractivity contribution is -0.121. The molecular formula is C15H16ClFN2O3. The average Bonchev–Trinajstić information content (AvgIpc) is 3.15. The quantitative estimate of drug-likeness (QED) is 0.891. The third kappa shape index (κ3) is 3.08. The molecule has 1 aromatic rings. The number of nitrogens with one attached hydrogen (secondary N) is 1. The minimum absolute atomic E-state index is 0.0242. The Kier molecular flexibility index (Phi) is 3.82. The number of amides is 1. The molecule has 1 atom stereocenters. The van der Waals surface area contributed by atoms with E-state index in [2.05, 4.69) is 10.5 Å². The Bertz CT molecular complexity index is 635. The maximum absolute atomic E-state index is 14.2. The topological polar surface area (TPSA) is 70.9 Å². The van der Waals surface area contributed by atoms with E-state index in [1.165, 1.54) is 6.07 Å². The third-order valence-corrected chi connectivity index (χ3v) is 4.15. The number of carbonyl (C=O) groups is 1. The third-order valence-electron chi connectivity index (χ3n) is 3.87. The Balaban J connectivity index is 1.84. The van der Waals surface area contributed by atoms with E-state index in [-0.39, 0.29) is 29.2 Å². The van der Waals surface area contributed by atoms with Crippen LogP contribution >= 0.6 is 11.6 Å². The fourth-order valence-electron chi connectivity index (χ4n) is 2.34. The van der Waals surface area contributed by atoms with Crippen LogP contribution in [0, 0.1) is 11.7 Å². The Morgan fingerprint density at radius 2 is 2.27 bits per heavy atom. The van der Waals surface area contributed by atoms with Gasteiger partial charge in [-0.2, -0.15) is 5.10 Å². The van der Waals surface area contributed by atoms with Crippen LogP contribution in [-0.4, -0.2) is 28.9 Å². The number of benzene rings is 1. The van der Waals surface area contributed by atoms with Crippen molar-refractivity contribution in [2.24, 2.45) is 11.0 Å². The minimum Gasteiger partial charge on any atom is -0.486 e. The zero-order valence-electron chi connectivity index (χ0n) is 12.0. The van der Waals surface area contributed by atoms with Gasteiger partial charge in [0.05, 0.1) is 16.3 Å². The van der Waals surface area contributed by atoms with E-state index >= 15 is 0 Å². The summed E-state index contributed by atoms with van der Waals surface area (Å²) in [6.07, 6.45) is 1.60. The number of aliphatic hydroxyl groups is 1. The van der Waals surface area contributed by atoms with Gasteiger partial charge in [0, 0.05) is 17.9 Å². The molecule has 2 N–H and O–H groups in total. The van der Waals surface area contributed by atoms with Crippen LogP contribution in [0.3, 0.4) is 0 Å². The van der Waals surface area contributed by atoms with Crippen LogP contribution in [0.25, 0.3) is 0 Å². The van der Waals surface area contributed by atoms with Gasteiger partial charge in [-0.25, -0.2) is 9.82 Å². The summed E-state index contributed by atoms with van der Waals surface area (Å²) in [7, 11) is 0. The molecule has 0 radical (unpaired) electrons. The number of rotatable bonds is 4. The lowest BCUT2D eigenvalue weighted by Gasteiger charge is -2.20. The molecule has 0 aromatic heterocycles. The SMILES string of the molecule is CC1CC(=O)NN=C1c1cc(F)c(OCC2(O)CC2)c(Cl)c1. The lowest BCUT2D eigenvalue weighted by Crippen LogP contribution is -2.32. The Morgan fingerprint density at radius 1 is 1.55 bits per heavy atom. The molecule has 1 aliphatic heterocycles. The summed E-state index contributed by atoms with van der Waals surface area (Å²) in [6, 6.07) is 2.84. The van der Waals surface area contributed by atoms with Crippen LogP contribution < -0.4 is 10.2 Å². The number of carbonyl (C=O) groups excluding carboxylic acids is 1. The van der Waals surface area contributed by atoms with E-state index in [4.69, 9.17) is 16.3 Å². The molecule has 1 fully saturated rings. The number of nitrogens with zero attached hydrogens (tertiary/aromatic N) is 1. The Morgan fingerprint density at radius 3 is 2.86 bits per heavy atom. The monoisotopic (exact) mass is 326 g/mol. The van der Waals surface area contributed by atoms with Crippen molar-refractivity contribution in [1.82, 2.24) is 5.43 Å². The first kappa shape index (κ1) is 15.2. The summed E-state index contributed by atoms with van der Waals surface area (Å²) in [4.78, 5) is 11.3. The fraction of sp³-hybridized carbons (Fsp3) is 0.467. The van der Waals surface area contributed by atoms with Crippen molar-refractivity contribution in [3.8, 4) is 5.75 Å². The van der Waals surface area contributed by atoms with Gasteiger partial charge in [0.2, 0.25) is 5.91 Å². The maximum Gasteiger partial charge on any atom is 0.240 e. The highest BCUT2D eigenvalue weighted by molar-refractivity contribution is 6.32. The van der Waals surface area contributed by atoms with Gasteiger partial charge < -0.3 is 9.84 Å². The molecular weight excluding hydrogens is 311 g/mol. The van der Waals surface area contributed by atoms with Gasteiger partial charge in [0.1, 0.15) is 6.61 Å². The van der Waals surface area contributed by atoms with E-state index in [0.717, 1.165) is 0 Å². The molecule has 22 heavy (non-hydrogen) atoms. The number of ether oxygens (including phenoxy) is 1. The van der Waals surface area contributed by atoms with E-state index in [0.29, 0.717) is 30.5 Å². The highest BCUT2D eigenvalue weighted by atomic mass is 35.5. The summed E-state index contributed by atoms with van der Waals surface area (Å²) in [6.45, 7) is 1.87. The van der Waals surface area contributed by atoms with Gasteiger partial charge in [-0.05, 0) is 25.0 Å². The van der Waals surface area contributed by atoms with Gasteiger partial charge in [-0.15, -0.1) is 0 Å². The van der Waals surface area contributed by atoms with Crippen LogP contribution in [0.4, 0.5) is 4.39 Å². The van der Waals surface area contributed by atoms with Crippen LogP contribution in [-0.2, 0) is 4.79 Å². The highest BCUT2D eigenvalue weighted by Crippen LogP contribution is 2.37. The molecule has 2 aliphatic rings. The molecule has 0 saturated heterocycles. The van der Waals surface area contributed by atoms with Crippen LogP contribution in [0.15, 0.2) is 17.2 Å². The summed E-state index contributed by atoms with van der Waals surface area (Å²) in [5.41, 5.74) is 2.62. The Hall–Kier alpha value is -1.66. The largest absolute Gasteiger partial charge is 0.486 e. The number of hydrogen-bond acceptors (Lipinski definition) is 4. The molecule has 1 heterocycles. The van der Waals surface area contributed by atoms with Crippen LogP contribution in [0.5, 0.6) is 5.75 Å². The molecule has 0 bridgehead atoms. The van der Waals surface area contributed by atoms with Crippen molar-refractivity contribution in [2.45, 2.75) is 31.8 Å². The molecule has 1 unspecified atom stereocenters. The fourth-order valence-corrected chi connectivity index (χ4v) is 2.61. The number of hydrogen-bond donors (Lipinski definition) is 2. The second-order valence-corrected chi connectivity index (χ2v) is 6.33. The predicted octanol–water partition coefficient (Wildman–Crippen LogP) is 2.24. The lowest BCUT2D eigenvalue weighted by atomic mass is 9.94. The summed E-state index contributed by atoms with van der Waals surface area (Å²) >= 11 is 6.09. The molecule has 3 rings (SSSR count). The van der Waals surface area contributed by atoms with Crippen LogP contribution in [0.2, 0.25) is 5.02 Å². The van der Waals surface area contributed by atoms with Gasteiger partial charge in [-0.3, -0.25) is 4.79 Å². The van der Waals surface area contributed by atoms with Crippen molar-refractivity contribution in [1.29, 1.82) is 0 Å².